The third-order valence-corrected chi connectivity index (χ3v) is 177. The summed E-state index contributed by atoms with van der Waals surface area (Å²) in [7, 11) is -127. The minimum Gasteiger partial charge on any atom is -0.373 e. The van der Waals surface area contributed by atoms with Gasteiger partial charge in [0.05, 0.1) is 0 Å². The summed E-state index contributed by atoms with van der Waals surface area (Å²) in [6.07, 6.45) is 0. The normalized spacial score (nSPS) is 68.3. The van der Waals surface area contributed by atoms with Crippen LogP contribution in [0.15, 0.2) is 0 Å². The standard InChI is InChI=1S/C24H56O36Si24/c1-17(2)61-25-62(18(3)4)27-64(20(7)8)28-63(26-61,19(5)6)35-71-42-69(33-61)41-70(34-62)43-72(36-64,44-71)81-51-78(70)49-77(69)50-79(71,52-81)59-83-54-80(57-77)53-82(58-78)55-84(56-83,60-81)76-40-68(24(15)16)31-66(22(11)12)29-65(21(9)10)30-67(32-68,23(13)14)39-75(83,48-76)46-73(80,37-65)45-74(82,38-66)47-76/h17-24H,1-16H3. The van der Waals surface area contributed by atoms with Gasteiger partial charge in [-0.15, -0.1) is 0 Å². The lowest BCUT2D eigenvalue weighted by Gasteiger charge is -2.81. The molecule has 25 fully saturated rings. The molecular weight excluding hydrogens is 1540 g/mol. The second kappa shape index (κ2) is 14.8. The van der Waals surface area contributed by atoms with Crippen LogP contribution in [0.4, 0.5) is 0 Å². The quantitative estimate of drug-likeness (QED) is 0.272. The Labute approximate surface area is 502 Å². The molecule has 464 valence electrons. The Balaban J connectivity index is 0.965. The van der Waals surface area contributed by atoms with Crippen LogP contribution in [0, 0.1) is 0 Å². The first-order valence-electron chi connectivity index (χ1n) is 28.2. The largest absolute Gasteiger partial charge is 0.553 e. The molecule has 25 aliphatic rings. The average molecular weight is 1590 g/mol. The van der Waals surface area contributed by atoms with Crippen molar-refractivity contribution in [1.29, 1.82) is 0 Å². The predicted molar refractivity (Wildman–Crippen MR) is 298 cm³/mol. The highest BCUT2D eigenvalue weighted by Crippen LogP contribution is 2.76. The molecule has 25 heterocycles. The van der Waals surface area contributed by atoms with Crippen molar-refractivity contribution in [3.05, 3.63) is 0 Å². The van der Waals surface area contributed by atoms with Crippen LogP contribution in [0.5, 0.6) is 0 Å². The van der Waals surface area contributed by atoms with Crippen molar-refractivity contribution in [1.82, 2.24) is 0 Å². The highest BCUT2D eigenvalue weighted by molar-refractivity contribution is 7.65. The SMILES string of the molecule is CC(C)[Si]12O[Si]3(C(C)C)O[Si]4(C(C)C)O[Si](C(C)C)(O1)O[Si]15O[Si]6(O2)O[Si]2(O3)O[Si](O4)(O1)[Si]13O[Si]24O[Si]62O[Si]5(O1)O[Si]15O[Si]6(O[Si]7(O[Si](O1)(O3)[Si]13O[Si]8(C(C)C)O[Si]9(C(C)C)O[Si]%10(C(C)C)O[Si](C(C)C)(O8)O[Si]5(O[Si]6(O%10)O[Si]7(O9)O1)O3)O4)O2. The van der Waals surface area contributed by atoms with Gasteiger partial charge in [-0.1, -0.05) is 111 Å². The zero-order valence-corrected chi connectivity index (χ0v) is 71.3. The van der Waals surface area contributed by atoms with Crippen LogP contribution < -0.4 is 0 Å². The molecule has 0 saturated carbocycles. The minimum atomic E-state index is -5.65. The molecule has 16 spiro atoms. The molecule has 0 aromatic carbocycles. The summed E-state index contributed by atoms with van der Waals surface area (Å²) in [6, 6.07) is 0. The van der Waals surface area contributed by atoms with E-state index in [1.165, 1.54) is 0 Å². The summed E-state index contributed by atoms with van der Waals surface area (Å²) >= 11 is 0. The Bertz CT molecular complexity index is 2540. The first-order chi connectivity index (χ1) is 39.0. The molecular formula is C24H56O36Si24. The smallest absolute Gasteiger partial charge is 0.373 e. The molecule has 0 unspecified atom stereocenters. The van der Waals surface area contributed by atoms with E-state index < -0.39 is 248 Å². The molecule has 25 rings (SSSR count). The van der Waals surface area contributed by atoms with Gasteiger partial charge in [-0.2, -0.15) is 0 Å². The molecule has 0 N–H and O–H groups in total. The second-order valence-corrected chi connectivity index (χ2v) is 122. The Hall–Kier alpha value is 3.77. The predicted octanol–water partition coefficient (Wildman–Crippen LogP) is -0.690. The van der Waals surface area contributed by atoms with Crippen LogP contribution in [0.3, 0.4) is 0 Å². The van der Waals surface area contributed by atoms with E-state index in [-0.39, 0.29) is 0 Å². The van der Waals surface area contributed by atoms with Gasteiger partial charge in [0, 0.05) is 44.3 Å². The van der Waals surface area contributed by atoms with Crippen molar-refractivity contribution in [3.63, 3.8) is 0 Å². The molecule has 84 heavy (non-hydrogen) atoms. The summed E-state index contributed by atoms with van der Waals surface area (Å²) in [5, 5.41) is 0. The highest BCUT2D eigenvalue weighted by atomic mass is 29.5. The van der Waals surface area contributed by atoms with E-state index in [4.69, 9.17) is 148 Å². The van der Waals surface area contributed by atoms with E-state index in [1.807, 2.05) is 111 Å². The average Bonchev–Trinajstić information content (AvgIpc) is 0.598. The zero-order chi connectivity index (χ0) is 58.1. The second-order valence-electron chi connectivity index (χ2n) is 26.6. The highest BCUT2D eigenvalue weighted by Gasteiger charge is 3.21. The molecule has 0 atom stereocenters. The summed E-state index contributed by atoms with van der Waals surface area (Å²) in [4.78, 5) is 0. The van der Waals surface area contributed by atoms with Gasteiger partial charge in [-0.25, -0.2) is 0 Å². The maximum atomic E-state index is 8.09. The van der Waals surface area contributed by atoms with Gasteiger partial charge in [0.1, 0.15) is 0 Å². The lowest BCUT2D eigenvalue weighted by Crippen LogP contribution is -3.20. The van der Waals surface area contributed by atoms with E-state index in [2.05, 4.69) is 0 Å². The third kappa shape index (κ3) is 5.34. The van der Waals surface area contributed by atoms with Crippen molar-refractivity contribution < 1.29 is 148 Å². The van der Waals surface area contributed by atoms with E-state index in [0.29, 0.717) is 0 Å². The fraction of sp³-hybridized carbons (Fsp3) is 1.00. The molecule has 25 aliphatic heterocycles. The molecule has 24 bridgehead atoms. The van der Waals surface area contributed by atoms with Crippen molar-refractivity contribution in [3.8, 4) is 0 Å². The molecule has 25 saturated heterocycles. The van der Waals surface area contributed by atoms with Gasteiger partial charge >= 0.3 is 204 Å². The molecule has 0 aromatic rings. The van der Waals surface area contributed by atoms with Crippen LogP contribution in [0.2, 0.25) is 44.3 Å². The van der Waals surface area contributed by atoms with Crippen LogP contribution in [-0.2, 0) is 148 Å². The third-order valence-electron chi connectivity index (χ3n) is 18.5. The van der Waals surface area contributed by atoms with Gasteiger partial charge < -0.3 is 148 Å². The summed E-state index contributed by atoms with van der Waals surface area (Å²) < 4.78 is 288. The van der Waals surface area contributed by atoms with E-state index in [1.54, 1.807) is 0 Å². The van der Waals surface area contributed by atoms with E-state index in [9.17, 15) is 0 Å². The summed E-state index contributed by atoms with van der Waals surface area (Å²) in [5.74, 6) is 0. The summed E-state index contributed by atoms with van der Waals surface area (Å²) in [6.45, 7) is 30.0. The van der Waals surface area contributed by atoms with E-state index in [0.717, 1.165) is 0 Å². The first kappa shape index (κ1) is 56.9. The fourth-order valence-corrected chi connectivity index (χ4v) is 284. The molecule has 60 heteroatoms. The maximum absolute atomic E-state index is 8.09. The summed E-state index contributed by atoms with van der Waals surface area (Å²) in [5.41, 5.74) is -5.52. The molecule has 0 radical (unpaired) electrons. The van der Waals surface area contributed by atoms with Crippen molar-refractivity contribution in [2.24, 2.45) is 0 Å². The lowest BCUT2D eigenvalue weighted by molar-refractivity contribution is -0.115. The van der Waals surface area contributed by atoms with Gasteiger partial charge in [0.25, 0.3) is 0 Å². The topological polar surface area (TPSA) is 332 Å². The minimum absolute atomic E-state index is 0.691. The lowest BCUT2D eigenvalue weighted by atomic mass is 10.6. The molecule has 0 amide bonds. The number of hydrogen-bond donors (Lipinski definition) is 0. The van der Waals surface area contributed by atoms with Crippen LogP contribution in [0.25, 0.3) is 0 Å². The van der Waals surface area contributed by atoms with Gasteiger partial charge in [-0.3, -0.25) is 0 Å². The van der Waals surface area contributed by atoms with Gasteiger partial charge in [0.15, 0.2) is 0 Å². The van der Waals surface area contributed by atoms with Crippen molar-refractivity contribution in [2.75, 3.05) is 0 Å². The van der Waals surface area contributed by atoms with Crippen LogP contribution in [-0.4, -0.2) is 204 Å². The molecule has 0 aromatic heterocycles. The van der Waals surface area contributed by atoms with Gasteiger partial charge in [0.2, 0.25) is 0 Å². The van der Waals surface area contributed by atoms with E-state index >= 15 is 0 Å². The Kier molecular flexibility index (Phi) is 10.0. The van der Waals surface area contributed by atoms with Gasteiger partial charge in [-0.05, 0) is 0 Å². The fourth-order valence-electron chi connectivity index (χ4n) is 14.0. The molecule has 0 aliphatic carbocycles. The van der Waals surface area contributed by atoms with Crippen LogP contribution >= 0.6 is 0 Å². The van der Waals surface area contributed by atoms with Crippen LogP contribution in [0.1, 0.15) is 111 Å². The number of rotatable bonds is 8. The van der Waals surface area contributed by atoms with Crippen molar-refractivity contribution in [2.45, 2.75) is 155 Å². The molecule has 36 nitrogen and oxygen atoms in total. The Morgan fingerprint density at radius 2 is 0.179 bits per heavy atom. The monoisotopic (exact) mass is 1590 g/mol. The number of hydrogen-bond acceptors (Lipinski definition) is 36. The Morgan fingerprint density at radius 3 is 0.250 bits per heavy atom. The Morgan fingerprint density at radius 1 is 0.107 bits per heavy atom. The first-order valence-corrected chi connectivity index (χ1v) is 78.3. The van der Waals surface area contributed by atoms with Crippen molar-refractivity contribution >= 4 is 204 Å². The zero-order valence-electron chi connectivity index (χ0n) is 47.3. The maximum Gasteiger partial charge on any atom is 0.553 e.